The molecule has 4 rings (SSSR count). The van der Waals surface area contributed by atoms with Gasteiger partial charge in [-0.15, -0.1) is 0 Å². The Kier molecular flexibility index (Phi) is 15.6. The summed E-state index contributed by atoms with van der Waals surface area (Å²) in [5.74, 6) is -0.160. The molecule has 3 unspecified atom stereocenters. The van der Waals surface area contributed by atoms with E-state index in [-0.39, 0.29) is 69.3 Å². The average Bonchev–Trinajstić information content (AvgIpc) is 3.39. The van der Waals surface area contributed by atoms with Crippen molar-refractivity contribution in [3.05, 3.63) is 45.8 Å². The number of aliphatic hydroxyl groups excluding tert-OH is 1. The van der Waals surface area contributed by atoms with Gasteiger partial charge in [0.05, 0.1) is 18.3 Å². The molecule has 1 aromatic heterocycles. The molecule has 2 fully saturated rings. The molecule has 12 heteroatoms. The molecule has 2 aliphatic rings. The van der Waals surface area contributed by atoms with Crippen LogP contribution in [0.4, 0.5) is 16.2 Å². The molecule has 34 heavy (non-hydrogen) atoms. The zero-order chi connectivity index (χ0) is 24.4. The van der Waals surface area contributed by atoms with Gasteiger partial charge in [-0.1, -0.05) is 29.3 Å². The Labute approximate surface area is 253 Å². The van der Waals surface area contributed by atoms with Crippen molar-refractivity contribution in [2.75, 3.05) is 43.5 Å². The minimum Gasteiger partial charge on any atom is -0.857 e. The standard InChI is InChI=1S/C17H20Cl2FN5O.C4H9N.CH3O.K/c1-9(11-3-2-10(18)6-12(11)19)23-16-13(20)7-22-17(24-16)25-5-4-14(21)15(26)8-25;1-2-4-5-3-1;1-2;/h2-3,6-7,9,14-15,26H,4-5,8,21H2,1H3,(H,22,23,24);5H,1-4H2;1H3;/q;;-1;+1. The van der Waals surface area contributed by atoms with Crippen LogP contribution in [0.15, 0.2) is 24.4 Å². The molecular formula is C22H32Cl2FKN6O2. The van der Waals surface area contributed by atoms with Crippen LogP contribution < -0.4 is 77.8 Å². The number of hydrogen-bond acceptors (Lipinski definition) is 8. The molecule has 0 spiro atoms. The van der Waals surface area contributed by atoms with Gasteiger partial charge in [-0.05, 0) is 57.0 Å². The maximum atomic E-state index is 14.2. The van der Waals surface area contributed by atoms with Crippen molar-refractivity contribution in [3.8, 4) is 0 Å². The maximum absolute atomic E-state index is 14.2. The van der Waals surface area contributed by atoms with Crippen molar-refractivity contribution in [2.45, 2.75) is 44.4 Å². The quantitative estimate of drug-likeness (QED) is 0.377. The van der Waals surface area contributed by atoms with Crippen LogP contribution in [-0.2, 0) is 0 Å². The van der Waals surface area contributed by atoms with Crippen molar-refractivity contribution in [1.29, 1.82) is 0 Å². The van der Waals surface area contributed by atoms with Crippen molar-refractivity contribution < 1.29 is 66.0 Å². The molecular weight excluding hydrogens is 509 g/mol. The van der Waals surface area contributed by atoms with E-state index in [2.05, 4.69) is 20.6 Å². The van der Waals surface area contributed by atoms with Gasteiger partial charge in [0.15, 0.2) is 11.6 Å². The van der Waals surface area contributed by atoms with Crippen molar-refractivity contribution >= 4 is 35.0 Å². The number of nitrogens with two attached hydrogens (primary N) is 1. The Morgan fingerprint density at radius 2 is 1.97 bits per heavy atom. The van der Waals surface area contributed by atoms with Crippen LogP contribution in [0.3, 0.4) is 0 Å². The van der Waals surface area contributed by atoms with E-state index in [1.54, 1.807) is 23.1 Å². The zero-order valence-electron chi connectivity index (χ0n) is 19.9. The molecule has 0 radical (unpaired) electrons. The molecule has 0 bridgehead atoms. The Balaban J connectivity index is 0.000000630. The van der Waals surface area contributed by atoms with E-state index in [0.29, 0.717) is 35.5 Å². The number of anilines is 2. The molecule has 8 nitrogen and oxygen atoms in total. The maximum Gasteiger partial charge on any atom is 1.00 e. The summed E-state index contributed by atoms with van der Waals surface area (Å²) >= 11 is 12.1. The van der Waals surface area contributed by atoms with Crippen LogP contribution in [-0.4, -0.2) is 60.5 Å². The van der Waals surface area contributed by atoms with Crippen LogP contribution in [0.2, 0.25) is 10.0 Å². The average molecular weight is 542 g/mol. The zero-order valence-corrected chi connectivity index (χ0v) is 24.5. The van der Waals surface area contributed by atoms with Crippen LogP contribution >= 0.6 is 23.2 Å². The first kappa shape index (κ1) is 31.9. The van der Waals surface area contributed by atoms with Gasteiger partial charge in [-0.3, -0.25) is 0 Å². The summed E-state index contributed by atoms with van der Waals surface area (Å²) in [6, 6.07) is 4.58. The van der Waals surface area contributed by atoms with Gasteiger partial charge in [0.25, 0.3) is 0 Å². The van der Waals surface area contributed by atoms with E-state index in [9.17, 15) is 9.50 Å². The third kappa shape index (κ3) is 9.74. The van der Waals surface area contributed by atoms with E-state index in [4.69, 9.17) is 34.0 Å². The number of nitrogens with one attached hydrogen (secondary N) is 2. The number of benzene rings is 1. The predicted molar refractivity (Wildman–Crippen MR) is 129 cm³/mol. The monoisotopic (exact) mass is 540 g/mol. The summed E-state index contributed by atoms with van der Waals surface area (Å²) in [7, 11) is 0.750. The fraction of sp³-hybridized carbons (Fsp3) is 0.545. The van der Waals surface area contributed by atoms with Crippen molar-refractivity contribution in [1.82, 2.24) is 15.3 Å². The van der Waals surface area contributed by atoms with Gasteiger partial charge in [-0.2, -0.15) is 12.1 Å². The summed E-state index contributed by atoms with van der Waals surface area (Å²) in [6.07, 6.45) is 3.84. The summed E-state index contributed by atoms with van der Waals surface area (Å²) in [5.41, 5.74) is 6.59. The van der Waals surface area contributed by atoms with E-state index in [0.717, 1.165) is 18.9 Å². The number of halogens is 3. The second-order valence-electron chi connectivity index (χ2n) is 7.82. The molecule has 0 aliphatic carbocycles. The summed E-state index contributed by atoms with van der Waals surface area (Å²) in [5, 5.41) is 25.5. The Hall–Kier alpha value is -0.114. The SMILES string of the molecule is C1CCNC1.CC(Nc1nc(N2CCC(N)C(O)C2)ncc1F)c1ccc(Cl)cc1Cl.C[O-].[K+]. The minimum atomic E-state index is -0.666. The smallest absolute Gasteiger partial charge is 0.857 e. The minimum absolute atomic E-state index is 0. The molecule has 2 saturated heterocycles. The van der Waals surface area contributed by atoms with Gasteiger partial charge in [0, 0.05) is 29.2 Å². The van der Waals surface area contributed by atoms with Crippen LogP contribution in [0.1, 0.15) is 37.8 Å². The topological polar surface area (TPSA) is 122 Å². The van der Waals surface area contributed by atoms with Crippen LogP contribution in [0.5, 0.6) is 0 Å². The van der Waals surface area contributed by atoms with E-state index in [1.165, 1.54) is 25.9 Å². The summed E-state index contributed by atoms with van der Waals surface area (Å²) in [4.78, 5) is 10.1. The van der Waals surface area contributed by atoms with E-state index < -0.39 is 11.9 Å². The van der Waals surface area contributed by atoms with Crippen molar-refractivity contribution in [2.24, 2.45) is 5.73 Å². The second kappa shape index (κ2) is 16.6. The second-order valence-corrected chi connectivity index (χ2v) is 8.67. The summed E-state index contributed by atoms with van der Waals surface area (Å²) < 4.78 is 14.2. The number of piperidine rings is 1. The van der Waals surface area contributed by atoms with Crippen molar-refractivity contribution in [3.63, 3.8) is 0 Å². The predicted octanol–water partition coefficient (Wildman–Crippen LogP) is -0.656. The molecule has 5 N–H and O–H groups in total. The number of aliphatic hydroxyl groups is 1. The number of rotatable bonds is 4. The molecule has 2 aliphatic heterocycles. The van der Waals surface area contributed by atoms with Crippen LogP contribution in [0.25, 0.3) is 0 Å². The molecule has 3 heterocycles. The summed E-state index contributed by atoms with van der Waals surface area (Å²) in [6.45, 7) is 5.26. The van der Waals surface area contributed by atoms with Gasteiger partial charge < -0.3 is 31.5 Å². The molecule has 184 valence electrons. The number of nitrogens with zero attached hydrogens (tertiary/aromatic N) is 3. The fourth-order valence-electron chi connectivity index (χ4n) is 3.50. The number of β-amino-alcohol motifs (C(OH)–C–C–N with tert-alkyl or cyclic N) is 1. The van der Waals surface area contributed by atoms with Gasteiger partial charge in [-0.25, -0.2) is 9.37 Å². The first-order chi connectivity index (χ1) is 15.8. The van der Waals surface area contributed by atoms with Gasteiger partial charge in [0.2, 0.25) is 5.95 Å². The molecule has 0 amide bonds. The Morgan fingerprint density at radius 3 is 2.53 bits per heavy atom. The number of hydrogen-bond donors (Lipinski definition) is 4. The first-order valence-electron chi connectivity index (χ1n) is 10.9. The number of aromatic nitrogens is 2. The van der Waals surface area contributed by atoms with Gasteiger partial charge in [0.1, 0.15) is 0 Å². The Morgan fingerprint density at radius 1 is 1.29 bits per heavy atom. The third-order valence-electron chi connectivity index (χ3n) is 5.39. The fourth-order valence-corrected chi connectivity index (χ4v) is 4.08. The first-order valence-corrected chi connectivity index (χ1v) is 11.6. The van der Waals surface area contributed by atoms with Gasteiger partial charge >= 0.3 is 51.4 Å². The molecule has 0 saturated carbocycles. The normalized spacial score (nSPS) is 20.2. The Bertz CT molecular complexity index is 874. The van der Waals surface area contributed by atoms with E-state index >= 15 is 0 Å². The van der Waals surface area contributed by atoms with Crippen LogP contribution in [0, 0.1) is 5.82 Å². The molecule has 3 atom stereocenters. The molecule has 1 aromatic carbocycles. The molecule has 2 aromatic rings. The largest absolute Gasteiger partial charge is 1.00 e. The third-order valence-corrected chi connectivity index (χ3v) is 5.95. The van der Waals surface area contributed by atoms with E-state index in [1.807, 2.05) is 6.92 Å².